The number of hydrogen-bond donors (Lipinski definition) is 0. The molecule has 2 heterocycles. The van der Waals surface area contributed by atoms with Gasteiger partial charge in [0, 0.05) is 18.2 Å². The van der Waals surface area contributed by atoms with Crippen LogP contribution < -0.4 is 0 Å². The van der Waals surface area contributed by atoms with E-state index in [2.05, 4.69) is 10.1 Å². The van der Waals surface area contributed by atoms with Gasteiger partial charge in [0.2, 0.25) is 0 Å². The molecule has 6 nitrogen and oxygen atoms in total. The normalized spacial score (nSPS) is 10.5. The van der Waals surface area contributed by atoms with Crippen molar-refractivity contribution in [2.45, 2.75) is 19.8 Å². The van der Waals surface area contributed by atoms with Gasteiger partial charge in [-0.1, -0.05) is 41.6 Å². The minimum absolute atomic E-state index is 0.0951. The van der Waals surface area contributed by atoms with Crippen molar-refractivity contribution in [2.75, 3.05) is 7.11 Å². The number of pyridine rings is 1. The maximum absolute atomic E-state index is 12.8. The van der Waals surface area contributed by atoms with Crippen LogP contribution in [0.4, 0.5) is 0 Å². The highest BCUT2D eigenvalue weighted by atomic mass is 16.5. The van der Waals surface area contributed by atoms with Crippen molar-refractivity contribution in [1.29, 1.82) is 0 Å². The Hall–Kier alpha value is -3.28. The first-order valence-corrected chi connectivity index (χ1v) is 8.19. The van der Waals surface area contributed by atoms with Gasteiger partial charge in [0.05, 0.1) is 12.7 Å². The number of nitrogens with zero attached hydrogens (tertiary/aromatic N) is 2. The van der Waals surface area contributed by atoms with Gasteiger partial charge in [-0.05, 0) is 25.0 Å². The molecule has 3 aromatic rings. The molecule has 0 aliphatic heterocycles. The molecule has 0 unspecified atom stereocenters. The fraction of sp³-hybridized carbons (Fsp3) is 0.200. The van der Waals surface area contributed by atoms with Crippen LogP contribution in [0, 0.1) is 6.92 Å². The first kappa shape index (κ1) is 17.5. The van der Waals surface area contributed by atoms with E-state index < -0.39 is 5.97 Å². The lowest BCUT2D eigenvalue weighted by atomic mass is 9.98. The van der Waals surface area contributed by atoms with E-state index in [1.165, 1.54) is 13.3 Å². The molecule has 0 radical (unpaired) electrons. The van der Waals surface area contributed by atoms with Crippen molar-refractivity contribution in [3.05, 3.63) is 71.2 Å². The Morgan fingerprint density at radius 3 is 2.62 bits per heavy atom. The van der Waals surface area contributed by atoms with E-state index in [1.807, 2.05) is 30.3 Å². The number of Topliss-reactive ketones (excluding diaryl/α,β-unsaturated/α-hetero) is 1. The SMILES string of the molecule is COC(=O)c1ncccc1CCC(=O)c1c(-c2ccccc2)noc1C. The van der Waals surface area contributed by atoms with E-state index >= 15 is 0 Å². The molecule has 0 atom stereocenters. The van der Waals surface area contributed by atoms with Crippen LogP contribution in [0.15, 0.2) is 53.2 Å². The fourth-order valence-electron chi connectivity index (χ4n) is 2.79. The lowest BCUT2D eigenvalue weighted by Crippen LogP contribution is -2.10. The van der Waals surface area contributed by atoms with Crippen molar-refractivity contribution in [1.82, 2.24) is 10.1 Å². The van der Waals surface area contributed by atoms with Crippen molar-refractivity contribution < 1.29 is 18.8 Å². The lowest BCUT2D eigenvalue weighted by molar-refractivity contribution is 0.0592. The summed E-state index contributed by atoms with van der Waals surface area (Å²) >= 11 is 0. The largest absolute Gasteiger partial charge is 0.464 e. The molecule has 0 bridgehead atoms. The van der Waals surface area contributed by atoms with E-state index in [0.29, 0.717) is 29.0 Å². The van der Waals surface area contributed by atoms with Crippen molar-refractivity contribution in [3.63, 3.8) is 0 Å². The van der Waals surface area contributed by atoms with Crippen LogP contribution in [0.3, 0.4) is 0 Å². The smallest absolute Gasteiger partial charge is 0.356 e. The van der Waals surface area contributed by atoms with Crippen molar-refractivity contribution in [3.8, 4) is 11.3 Å². The highest BCUT2D eigenvalue weighted by Crippen LogP contribution is 2.26. The summed E-state index contributed by atoms with van der Waals surface area (Å²) in [6.45, 7) is 1.72. The molecule has 0 amide bonds. The van der Waals surface area contributed by atoms with Gasteiger partial charge < -0.3 is 9.26 Å². The van der Waals surface area contributed by atoms with E-state index in [0.717, 1.165) is 5.56 Å². The molecule has 1 aromatic carbocycles. The molecule has 6 heteroatoms. The molecule has 0 saturated heterocycles. The quantitative estimate of drug-likeness (QED) is 0.498. The minimum Gasteiger partial charge on any atom is -0.464 e. The molecule has 2 aromatic heterocycles. The Morgan fingerprint density at radius 1 is 1.12 bits per heavy atom. The van der Waals surface area contributed by atoms with Crippen LogP contribution in [0.1, 0.15) is 38.6 Å². The molecule has 26 heavy (non-hydrogen) atoms. The van der Waals surface area contributed by atoms with Gasteiger partial charge in [0.15, 0.2) is 11.5 Å². The summed E-state index contributed by atoms with van der Waals surface area (Å²) in [5.41, 5.74) is 2.73. The predicted octanol–water partition coefficient (Wildman–Crippen LogP) is 3.65. The predicted molar refractivity (Wildman–Crippen MR) is 94.9 cm³/mol. The van der Waals surface area contributed by atoms with Crippen LogP contribution in [0.2, 0.25) is 0 Å². The number of carbonyl (C=O) groups is 2. The molecule has 0 spiro atoms. The highest BCUT2D eigenvalue weighted by molar-refractivity contribution is 6.02. The van der Waals surface area contributed by atoms with E-state index in [-0.39, 0.29) is 17.9 Å². The average Bonchev–Trinajstić information content (AvgIpc) is 3.08. The fourth-order valence-corrected chi connectivity index (χ4v) is 2.79. The van der Waals surface area contributed by atoms with Crippen LogP contribution in [-0.2, 0) is 11.2 Å². The van der Waals surface area contributed by atoms with Crippen LogP contribution >= 0.6 is 0 Å². The summed E-state index contributed by atoms with van der Waals surface area (Å²) < 4.78 is 9.99. The Kier molecular flexibility index (Phi) is 5.22. The van der Waals surface area contributed by atoms with Crippen molar-refractivity contribution in [2.24, 2.45) is 0 Å². The van der Waals surface area contributed by atoms with E-state index in [4.69, 9.17) is 9.26 Å². The lowest BCUT2D eigenvalue weighted by Gasteiger charge is -2.06. The number of ether oxygens (including phenoxy) is 1. The van der Waals surface area contributed by atoms with Gasteiger partial charge in [-0.3, -0.25) is 4.79 Å². The van der Waals surface area contributed by atoms with Gasteiger partial charge in [0.1, 0.15) is 11.5 Å². The summed E-state index contributed by atoms with van der Waals surface area (Å²) in [7, 11) is 1.30. The summed E-state index contributed by atoms with van der Waals surface area (Å²) in [6, 6.07) is 12.9. The molecular formula is C20H18N2O4. The summed E-state index contributed by atoms with van der Waals surface area (Å²) in [5.74, 6) is -0.130. The number of esters is 1. The minimum atomic E-state index is -0.515. The number of benzene rings is 1. The number of rotatable bonds is 6. The topological polar surface area (TPSA) is 82.3 Å². The van der Waals surface area contributed by atoms with E-state index in [1.54, 1.807) is 19.1 Å². The second-order valence-electron chi connectivity index (χ2n) is 5.75. The number of methoxy groups -OCH3 is 1. The summed E-state index contributed by atoms with van der Waals surface area (Å²) in [5, 5.41) is 4.04. The zero-order valence-electron chi connectivity index (χ0n) is 14.6. The Morgan fingerprint density at radius 2 is 1.88 bits per heavy atom. The van der Waals surface area contributed by atoms with Gasteiger partial charge in [-0.2, -0.15) is 0 Å². The molecule has 0 aliphatic carbocycles. The third-order valence-electron chi connectivity index (χ3n) is 4.08. The van der Waals surface area contributed by atoms with Gasteiger partial charge in [-0.15, -0.1) is 0 Å². The Labute approximate surface area is 150 Å². The van der Waals surface area contributed by atoms with Gasteiger partial charge >= 0.3 is 5.97 Å². The van der Waals surface area contributed by atoms with Crippen molar-refractivity contribution >= 4 is 11.8 Å². The Bertz CT molecular complexity index is 932. The average molecular weight is 350 g/mol. The monoisotopic (exact) mass is 350 g/mol. The second-order valence-corrected chi connectivity index (χ2v) is 5.75. The zero-order valence-corrected chi connectivity index (χ0v) is 14.6. The number of aryl methyl sites for hydroxylation is 2. The first-order chi connectivity index (χ1) is 12.6. The van der Waals surface area contributed by atoms with Crippen LogP contribution in [-0.4, -0.2) is 29.0 Å². The number of hydrogen-bond acceptors (Lipinski definition) is 6. The highest BCUT2D eigenvalue weighted by Gasteiger charge is 2.22. The van der Waals surface area contributed by atoms with Crippen LogP contribution in [0.5, 0.6) is 0 Å². The molecule has 0 saturated carbocycles. The van der Waals surface area contributed by atoms with Gasteiger partial charge in [0.25, 0.3) is 0 Å². The third-order valence-corrected chi connectivity index (χ3v) is 4.08. The number of carbonyl (C=O) groups excluding carboxylic acids is 2. The standard InChI is InChI=1S/C20H18N2O4/c1-13-17(18(22-26-13)14-7-4-3-5-8-14)16(23)11-10-15-9-6-12-21-19(15)20(24)25-2/h3-9,12H,10-11H2,1-2H3. The first-order valence-electron chi connectivity index (χ1n) is 8.19. The van der Waals surface area contributed by atoms with Gasteiger partial charge in [-0.25, -0.2) is 9.78 Å². The maximum Gasteiger partial charge on any atom is 0.356 e. The van der Waals surface area contributed by atoms with Crippen LogP contribution in [0.25, 0.3) is 11.3 Å². The summed E-state index contributed by atoms with van der Waals surface area (Å²) in [6.07, 6.45) is 2.10. The molecule has 0 aliphatic rings. The molecule has 0 N–H and O–H groups in total. The molecule has 0 fully saturated rings. The second kappa shape index (κ2) is 7.74. The zero-order chi connectivity index (χ0) is 18.5. The molecule has 132 valence electrons. The Balaban J connectivity index is 1.83. The summed E-state index contributed by atoms with van der Waals surface area (Å²) in [4.78, 5) is 28.7. The van der Waals surface area contributed by atoms with E-state index in [9.17, 15) is 9.59 Å². The maximum atomic E-state index is 12.8. The molecular weight excluding hydrogens is 332 g/mol. The number of aromatic nitrogens is 2. The molecule has 3 rings (SSSR count). The third kappa shape index (κ3) is 3.54. The number of ketones is 1.